The van der Waals surface area contributed by atoms with Crippen molar-refractivity contribution >= 4 is 50.2 Å². The van der Waals surface area contributed by atoms with Gasteiger partial charge in [0.2, 0.25) is 5.69 Å². The lowest BCUT2D eigenvalue weighted by molar-refractivity contribution is 0.752. The summed E-state index contributed by atoms with van der Waals surface area (Å²) in [5.74, 6) is 0. The Labute approximate surface area is 329 Å². The average Bonchev–Trinajstić information content (AvgIpc) is 3.77. The Hall–Kier alpha value is -8.17. The smallest absolute Gasteiger partial charge is 0.202 e. The van der Waals surface area contributed by atoms with Gasteiger partial charge in [-0.1, -0.05) is 127 Å². The second-order valence-electron chi connectivity index (χ2n) is 14.5. The van der Waals surface area contributed by atoms with Crippen molar-refractivity contribution in [2.24, 2.45) is 0 Å². The van der Waals surface area contributed by atoms with E-state index in [-0.39, 0.29) is 11.4 Å². The van der Waals surface area contributed by atoms with Gasteiger partial charge in [0, 0.05) is 27.7 Å². The molecule has 0 atom stereocenters. The number of hydrogen-bond acceptors (Lipinski definition) is 2. The van der Waals surface area contributed by atoms with E-state index >= 15 is 0 Å². The number of anilines is 3. The van der Waals surface area contributed by atoms with Crippen molar-refractivity contribution < 1.29 is 0 Å². The third kappa shape index (κ3) is 4.36. The minimum atomic E-state index is -0.562. The maximum absolute atomic E-state index is 10.1. The van der Waals surface area contributed by atoms with Crippen molar-refractivity contribution in [3.8, 4) is 34.0 Å². The molecule has 1 aromatic heterocycles. The molecule has 2 heterocycles. The second kappa shape index (κ2) is 12.2. The lowest BCUT2D eigenvalue weighted by atomic mass is 9.64. The van der Waals surface area contributed by atoms with Crippen LogP contribution in [0.25, 0.3) is 59.4 Å². The third-order valence-electron chi connectivity index (χ3n) is 11.8. The summed E-state index contributed by atoms with van der Waals surface area (Å²) in [6, 6.07) is 63.8. The van der Waals surface area contributed by atoms with E-state index in [1.807, 2.05) is 0 Å². The van der Waals surface area contributed by atoms with Crippen LogP contribution in [0.2, 0.25) is 0 Å². The first-order valence-electron chi connectivity index (χ1n) is 18.8. The SMILES string of the molecule is [C-]#[N+]c1cc(C#N)cc(-c2cc(N3c4ccccc4C4(c5ccccc5-c5ccccc54)c4ccccc43)cc(-n3c4ccccc4c4ccccc43)c2)c1[N+]#[C-]. The minimum absolute atomic E-state index is 0.164. The zero-order valence-corrected chi connectivity index (χ0v) is 30.5. The number of nitrogens with zero attached hydrogens (tertiary/aromatic N) is 5. The first-order chi connectivity index (χ1) is 28.1. The highest BCUT2D eigenvalue weighted by molar-refractivity contribution is 6.09. The summed E-state index contributed by atoms with van der Waals surface area (Å²) < 4.78 is 2.28. The van der Waals surface area contributed by atoms with Gasteiger partial charge in [-0.25, -0.2) is 4.85 Å². The summed E-state index contributed by atoms with van der Waals surface area (Å²) in [5, 5.41) is 12.4. The maximum atomic E-state index is 10.1. The largest absolute Gasteiger partial charge is 0.310 e. The molecule has 11 rings (SSSR count). The van der Waals surface area contributed by atoms with Crippen LogP contribution in [0.1, 0.15) is 27.8 Å². The molecule has 5 nitrogen and oxygen atoms in total. The molecule has 0 N–H and O–H groups in total. The van der Waals surface area contributed by atoms with Crippen LogP contribution in [-0.2, 0) is 5.41 Å². The van der Waals surface area contributed by atoms with E-state index in [4.69, 9.17) is 13.1 Å². The molecule has 5 heteroatoms. The summed E-state index contributed by atoms with van der Waals surface area (Å²) in [7, 11) is 0. The molecule has 0 saturated heterocycles. The van der Waals surface area contributed by atoms with Gasteiger partial charge in [0.25, 0.3) is 0 Å². The first kappa shape index (κ1) is 32.3. The molecule has 0 unspecified atom stereocenters. The van der Waals surface area contributed by atoms with Crippen LogP contribution in [0, 0.1) is 24.5 Å². The Morgan fingerprint density at radius 3 is 1.56 bits per heavy atom. The van der Waals surface area contributed by atoms with Gasteiger partial charge in [0.05, 0.1) is 47.0 Å². The van der Waals surface area contributed by atoms with Crippen LogP contribution in [0.4, 0.5) is 28.4 Å². The number of benzene rings is 8. The Bertz CT molecular complexity index is 3160. The Kier molecular flexibility index (Phi) is 6.89. The normalized spacial score (nSPS) is 13.0. The van der Waals surface area contributed by atoms with Gasteiger partial charge in [0.15, 0.2) is 5.69 Å². The van der Waals surface area contributed by atoms with E-state index in [9.17, 15) is 5.26 Å². The molecule has 57 heavy (non-hydrogen) atoms. The predicted molar refractivity (Wildman–Crippen MR) is 229 cm³/mol. The maximum Gasteiger partial charge on any atom is 0.202 e. The van der Waals surface area contributed by atoms with Gasteiger partial charge in [-0.05, 0) is 93.0 Å². The van der Waals surface area contributed by atoms with E-state index < -0.39 is 5.41 Å². The van der Waals surface area contributed by atoms with Crippen LogP contribution in [0.15, 0.2) is 176 Å². The number of fused-ring (bicyclic) bond motifs is 12. The number of aromatic nitrogens is 1. The highest BCUT2D eigenvalue weighted by Crippen LogP contribution is 2.63. The van der Waals surface area contributed by atoms with Crippen molar-refractivity contribution in [1.82, 2.24) is 4.57 Å². The summed E-state index contributed by atoms with van der Waals surface area (Å²) in [6.07, 6.45) is 0. The quantitative estimate of drug-likeness (QED) is 0.170. The summed E-state index contributed by atoms with van der Waals surface area (Å²) in [5.41, 5.74) is 14.8. The molecule has 262 valence electrons. The summed E-state index contributed by atoms with van der Waals surface area (Å²) in [4.78, 5) is 9.95. The lowest BCUT2D eigenvalue weighted by Gasteiger charge is -2.45. The molecule has 1 aliphatic carbocycles. The monoisotopic (exact) mass is 723 g/mol. The van der Waals surface area contributed by atoms with E-state index in [0.717, 1.165) is 50.1 Å². The minimum Gasteiger partial charge on any atom is -0.310 e. The summed E-state index contributed by atoms with van der Waals surface area (Å²) in [6.45, 7) is 16.2. The number of hydrogen-bond donors (Lipinski definition) is 0. The second-order valence-corrected chi connectivity index (χ2v) is 14.5. The topological polar surface area (TPSA) is 40.7 Å². The van der Waals surface area contributed by atoms with Crippen molar-refractivity contribution in [2.45, 2.75) is 5.41 Å². The van der Waals surface area contributed by atoms with Gasteiger partial charge in [0.1, 0.15) is 0 Å². The van der Waals surface area contributed by atoms with E-state index in [2.05, 4.69) is 189 Å². The highest BCUT2D eigenvalue weighted by atomic mass is 15.2. The number of para-hydroxylation sites is 4. The van der Waals surface area contributed by atoms with Crippen LogP contribution < -0.4 is 4.90 Å². The van der Waals surface area contributed by atoms with Crippen LogP contribution >= 0.6 is 0 Å². The Morgan fingerprint density at radius 1 is 0.491 bits per heavy atom. The van der Waals surface area contributed by atoms with E-state index in [1.54, 1.807) is 6.07 Å². The standard InChI is InChI=1S/C52H29N5/c1-54-46-28-33(32-53)27-41(51(46)55-2)34-29-35(56-47-23-11-5-17-39(47)40-18-6-12-24-48(40)56)31-36(30-34)57-49-25-13-9-21-44(49)52(45-22-10-14-26-50(45)57)42-19-7-3-15-37(42)38-16-4-8-20-43(38)52/h3-31H. The van der Waals surface area contributed by atoms with Gasteiger partial charge in [-0.3, -0.25) is 4.85 Å². The molecule has 2 aliphatic rings. The van der Waals surface area contributed by atoms with Crippen LogP contribution in [-0.4, -0.2) is 4.57 Å². The van der Waals surface area contributed by atoms with Crippen LogP contribution in [0.3, 0.4) is 0 Å². The highest BCUT2D eigenvalue weighted by Gasteiger charge is 2.51. The van der Waals surface area contributed by atoms with Gasteiger partial charge >= 0.3 is 0 Å². The lowest BCUT2D eigenvalue weighted by Crippen LogP contribution is -2.36. The fourth-order valence-corrected chi connectivity index (χ4v) is 9.66. The molecule has 0 fully saturated rings. The Morgan fingerprint density at radius 2 is 1.00 bits per heavy atom. The average molecular weight is 724 g/mol. The van der Waals surface area contributed by atoms with Crippen molar-refractivity contribution in [2.75, 3.05) is 4.90 Å². The van der Waals surface area contributed by atoms with Gasteiger partial charge < -0.3 is 9.47 Å². The summed E-state index contributed by atoms with van der Waals surface area (Å²) >= 11 is 0. The van der Waals surface area contributed by atoms with Crippen molar-refractivity contribution in [1.29, 1.82) is 5.26 Å². The van der Waals surface area contributed by atoms with Gasteiger partial charge in [-0.2, -0.15) is 5.26 Å². The molecule has 0 bridgehead atoms. The third-order valence-corrected chi connectivity index (χ3v) is 11.8. The first-order valence-corrected chi connectivity index (χ1v) is 18.8. The van der Waals surface area contributed by atoms with Crippen molar-refractivity contribution in [3.63, 3.8) is 0 Å². The molecule has 0 saturated carbocycles. The molecule has 0 radical (unpaired) electrons. The van der Waals surface area contributed by atoms with Crippen LogP contribution in [0.5, 0.6) is 0 Å². The molecule has 1 spiro atoms. The molecular formula is C52H29N5. The predicted octanol–water partition coefficient (Wildman–Crippen LogP) is 13.6. The number of rotatable bonds is 3. The molecule has 8 aromatic carbocycles. The zero-order valence-electron chi connectivity index (χ0n) is 30.5. The molecule has 0 amide bonds. The van der Waals surface area contributed by atoms with Crippen molar-refractivity contribution in [3.05, 3.63) is 227 Å². The number of nitriles is 1. The van der Waals surface area contributed by atoms with E-state index in [0.29, 0.717) is 11.1 Å². The molecule has 1 aliphatic heterocycles. The molecular weight excluding hydrogens is 695 g/mol. The van der Waals surface area contributed by atoms with Gasteiger partial charge in [-0.15, -0.1) is 0 Å². The molecule has 9 aromatic rings. The van der Waals surface area contributed by atoms with E-state index in [1.165, 1.54) is 39.4 Å². The fraction of sp³-hybridized carbons (Fsp3) is 0.0192. The Balaban J connectivity index is 1.26. The zero-order chi connectivity index (χ0) is 38.3. The fourth-order valence-electron chi connectivity index (χ4n) is 9.66.